The maximum Gasteiger partial charge on any atom is 0.214 e. The molecule has 0 aromatic carbocycles. The summed E-state index contributed by atoms with van der Waals surface area (Å²) in [5.41, 5.74) is 5.85. The topological polar surface area (TPSA) is 63.4 Å². The standard InChI is InChI=1S/C11H24N2O2S.ClH/c1-3-4-8-16(14,15)13-7-5-6-11(9-13)10(2)12;/h10-11H,3-9,12H2,1-2H3;1H. The molecule has 6 heteroatoms. The Bertz CT molecular complexity index is 307. The molecule has 2 unspecified atom stereocenters. The molecule has 4 nitrogen and oxygen atoms in total. The number of piperidine rings is 1. The molecule has 2 N–H and O–H groups in total. The van der Waals surface area contributed by atoms with Gasteiger partial charge in [0.15, 0.2) is 0 Å². The summed E-state index contributed by atoms with van der Waals surface area (Å²) in [5, 5.41) is 0. The molecule has 1 fully saturated rings. The molecule has 0 aromatic heterocycles. The van der Waals surface area contributed by atoms with Crippen molar-refractivity contribution in [2.75, 3.05) is 18.8 Å². The maximum absolute atomic E-state index is 12.0. The van der Waals surface area contributed by atoms with Crippen molar-refractivity contribution >= 4 is 22.4 Å². The van der Waals surface area contributed by atoms with Gasteiger partial charge in [-0.25, -0.2) is 12.7 Å². The van der Waals surface area contributed by atoms with Gasteiger partial charge in [-0.05, 0) is 32.1 Å². The first kappa shape index (κ1) is 17.2. The van der Waals surface area contributed by atoms with Crippen LogP contribution < -0.4 is 5.73 Å². The molecule has 1 heterocycles. The first-order valence-electron chi connectivity index (χ1n) is 6.20. The van der Waals surface area contributed by atoms with Gasteiger partial charge in [-0.15, -0.1) is 12.4 Å². The predicted molar refractivity (Wildman–Crippen MR) is 73.9 cm³/mol. The molecule has 1 aliphatic heterocycles. The van der Waals surface area contributed by atoms with Crippen LogP contribution in [0.15, 0.2) is 0 Å². The summed E-state index contributed by atoms with van der Waals surface area (Å²) in [6.07, 6.45) is 3.67. The molecule has 0 radical (unpaired) electrons. The Hall–Kier alpha value is 0.160. The van der Waals surface area contributed by atoms with Gasteiger partial charge < -0.3 is 5.73 Å². The van der Waals surface area contributed by atoms with E-state index in [0.717, 1.165) is 25.7 Å². The van der Waals surface area contributed by atoms with Crippen LogP contribution in [-0.2, 0) is 10.0 Å². The van der Waals surface area contributed by atoms with E-state index in [1.165, 1.54) is 0 Å². The number of halogens is 1. The van der Waals surface area contributed by atoms with E-state index in [1.54, 1.807) is 4.31 Å². The number of sulfonamides is 1. The molecule has 0 saturated carbocycles. The third-order valence-corrected chi connectivity index (χ3v) is 5.24. The lowest BCUT2D eigenvalue weighted by molar-refractivity contribution is 0.243. The highest BCUT2D eigenvalue weighted by molar-refractivity contribution is 7.89. The average Bonchev–Trinajstić information content (AvgIpc) is 2.26. The number of hydrogen-bond donors (Lipinski definition) is 1. The fourth-order valence-corrected chi connectivity index (χ4v) is 3.85. The molecule has 0 aromatic rings. The number of nitrogens with two attached hydrogens (primary N) is 1. The van der Waals surface area contributed by atoms with E-state index in [4.69, 9.17) is 5.73 Å². The van der Waals surface area contributed by atoms with Gasteiger partial charge in [0.05, 0.1) is 5.75 Å². The van der Waals surface area contributed by atoms with Gasteiger partial charge in [-0.1, -0.05) is 13.3 Å². The Morgan fingerprint density at radius 1 is 1.47 bits per heavy atom. The molecule has 1 saturated heterocycles. The Labute approximate surface area is 111 Å². The second kappa shape index (κ2) is 7.56. The van der Waals surface area contributed by atoms with Crippen LogP contribution in [-0.4, -0.2) is 37.6 Å². The van der Waals surface area contributed by atoms with Crippen LogP contribution in [0.25, 0.3) is 0 Å². The third-order valence-electron chi connectivity index (χ3n) is 3.31. The highest BCUT2D eigenvalue weighted by Crippen LogP contribution is 2.21. The molecular formula is C11H25ClN2O2S. The van der Waals surface area contributed by atoms with E-state index in [1.807, 2.05) is 13.8 Å². The van der Waals surface area contributed by atoms with Crippen LogP contribution in [0.2, 0.25) is 0 Å². The molecule has 2 atom stereocenters. The van der Waals surface area contributed by atoms with E-state index in [9.17, 15) is 8.42 Å². The lowest BCUT2D eigenvalue weighted by atomic mass is 9.93. The summed E-state index contributed by atoms with van der Waals surface area (Å²) in [6.45, 7) is 5.27. The molecule has 0 aliphatic carbocycles. The van der Waals surface area contributed by atoms with E-state index in [2.05, 4.69) is 0 Å². The molecule has 0 amide bonds. The molecule has 0 spiro atoms. The SMILES string of the molecule is CCCCS(=O)(=O)N1CCCC(C(C)N)C1.Cl. The van der Waals surface area contributed by atoms with Gasteiger partial charge in [0.25, 0.3) is 0 Å². The number of hydrogen-bond acceptors (Lipinski definition) is 3. The van der Waals surface area contributed by atoms with Crippen molar-refractivity contribution in [1.29, 1.82) is 0 Å². The van der Waals surface area contributed by atoms with Crippen molar-refractivity contribution in [2.24, 2.45) is 11.7 Å². The van der Waals surface area contributed by atoms with E-state index >= 15 is 0 Å². The Morgan fingerprint density at radius 2 is 2.12 bits per heavy atom. The first-order chi connectivity index (χ1) is 7.47. The highest BCUT2D eigenvalue weighted by Gasteiger charge is 2.29. The fourth-order valence-electron chi connectivity index (χ4n) is 2.11. The summed E-state index contributed by atoms with van der Waals surface area (Å²) >= 11 is 0. The van der Waals surface area contributed by atoms with Crippen molar-refractivity contribution in [3.05, 3.63) is 0 Å². The Balaban J connectivity index is 0.00000256. The Morgan fingerprint density at radius 3 is 2.65 bits per heavy atom. The monoisotopic (exact) mass is 284 g/mol. The summed E-state index contributed by atoms with van der Waals surface area (Å²) < 4.78 is 25.6. The van der Waals surface area contributed by atoms with Crippen LogP contribution in [0.4, 0.5) is 0 Å². The summed E-state index contributed by atoms with van der Waals surface area (Å²) in [4.78, 5) is 0. The van der Waals surface area contributed by atoms with Crippen LogP contribution >= 0.6 is 12.4 Å². The van der Waals surface area contributed by atoms with Crippen LogP contribution in [0, 0.1) is 5.92 Å². The van der Waals surface area contributed by atoms with Crippen molar-refractivity contribution in [1.82, 2.24) is 4.31 Å². The van der Waals surface area contributed by atoms with E-state index in [0.29, 0.717) is 19.0 Å². The van der Waals surface area contributed by atoms with Gasteiger partial charge in [0.1, 0.15) is 0 Å². The van der Waals surface area contributed by atoms with Gasteiger partial charge in [-0.3, -0.25) is 0 Å². The summed E-state index contributed by atoms with van der Waals surface area (Å²) in [7, 11) is -3.03. The number of unbranched alkanes of at least 4 members (excludes halogenated alkanes) is 1. The lowest BCUT2D eigenvalue weighted by Gasteiger charge is -2.33. The summed E-state index contributed by atoms with van der Waals surface area (Å²) in [5.74, 6) is 0.611. The fraction of sp³-hybridized carbons (Fsp3) is 1.00. The van der Waals surface area contributed by atoms with Crippen molar-refractivity contribution in [3.63, 3.8) is 0 Å². The smallest absolute Gasteiger partial charge is 0.214 e. The second-order valence-corrected chi connectivity index (χ2v) is 6.88. The minimum Gasteiger partial charge on any atom is -0.328 e. The normalized spacial score (nSPS) is 24.1. The van der Waals surface area contributed by atoms with Crippen LogP contribution in [0.3, 0.4) is 0 Å². The second-order valence-electron chi connectivity index (χ2n) is 4.79. The third kappa shape index (κ3) is 5.12. The zero-order valence-electron chi connectivity index (χ0n) is 10.8. The lowest BCUT2D eigenvalue weighted by Crippen LogP contribution is -2.45. The van der Waals surface area contributed by atoms with Crippen LogP contribution in [0.1, 0.15) is 39.5 Å². The maximum atomic E-state index is 12.0. The zero-order valence-corrected chi connectivity index (χ0v) is 12.4. The van der Waals surface area contributed by atoms with Crippen LogP contribution in [0.5, 0.6) is 0 Å². The molecule has 1 aliphatic rings. The molecule has 17 heavy (non-hydrogen) atoms. The first-order valence-corrected chi connectivity index (χ1v) is 7.81. The molecule has 104 valence electrons. The van der Waals surface area contributed by atoms with Crippen molar-refractivity contribution in [2.45, 2.75) is 45.6 Å². The summed E-state index contributed by atoms with van der Waals surface area (Å²) in [6, 6.07) is 0.0872. The van der Waals surface area contributed by atoms with Crippen molar-refractivity contribution < 1.29 is 8.42 Å². The predicted octanol–water partition coefficient (Wildman–Crippen LogP) is 1.60. The van der Waals surface area contributed by atoms with Gasteiger partial charge in [0, 0.05) is 19.1 Å². The average molecular weight is 285 g/mol. The highest BCUT2D eigenvalue weighted by atomic mass is 35.5. The van der Waals surface area contributed by atoms with Gasteiger partial charge >= 0.3 is 0 Å². The Kier molecular flexibility index (Phi) is 7.63. The van der Waals surface area contributed by atoms with Crippen molar-refractivity contribution in [3.8, 4) is 0 Å². The zero-order chi connectivity index (χ0) is 12.2. The van der Waals surface area contributed by atoms with Gasteiger partial charge in [0.2, 0.25) is 10.0 Å². The quantitative estimate of drug-likeness (QED) is 0.834. The minimum atomic E-state index is -3.03. The largest absolute Gasteiger partial charge is 0.328 e. The van der Waals surface area contributed by atoms with E-state index in [-0.39, 0.29) is 24.2 Å². The number of rotatable bonds is 5. The number of nitrogens with zero attached hydrogens (tertiary/aromatic N) is 1. The molecule has 1 rings (SSSR count). The van der Waals surface area contributed by atoms with Gasteiger partial charge in [-0.2, -0.15) is 0 Å². The minimum absolute atomic E-state index is 0. The van der Waals surface area contributed by atoms with E-state index < -0.39 is 10.0 Å². The molecule has 0 bridgehead atoms. The molecular weight excluding hydrogens is 260 g/mol.